The summed E-state index contributed by atoms with van der Waals surface area (Å²) in [6, 6.07) is 8.62. The Hall–Kier alpha value is -1.43. The molecule has 1 heterocycles. The zero-order valence-electron chi connectivity index (χ0n) is 10.1. The predicted molar refractivity (Wildman–Crippen MR) is 62.8 cm³/mol. The normalized spacial score (nSPS) is 31.3. The highest BCUT2D eigenvalue weighted by Crippen LogP contribution is 2.29. The highest BCUT2D eigenvalue weighted by atomic mass is 16.7. The zero-order chi connectivity index (χ0) is 13.2. The summed E-state index contributed by atoms with van der Waals surface area (Å²) < 4.78 is 10.3. The van der Waals surface area contributed by atoms with Crippen LogP contribution in [0.15, 0.2) is 30.3 Å². The van der Waals surface area contributed by atoms with Gasteiger partial charge in [0.25, 0.3) is 0 Å². The van der Waals surface area contributed by atoms with E-state index in [2.05, 4.69) is 0 Å². The summed E-state index contributed by atoms with van der Waals surface area (Å²) in [7, 11) is 0. The van der Waals surface area contributed by atoms with Crippen molar-refractivity contribution >= 4 is 5.97 Å². The summed E-state index contributed by atoms with van der Waals surface area (Å²) >= 11 is 0. The zero-order valence-corrected chi connectivity index (χ0v) is 10.1. The fourth-order valence-electron chi connectivity index (χ4n) is 1.93. The number of rotatable bonds is 3. The van der Waals surface area contributed by atoms with Gasteiger partial charge in [0, 0.05) is 6.42 Å². The minimum absolute atomic E-state index is 0.00511. The Morgan fingerprint density at radius 2 is 2.11 bits per heavy atom. The lowest BCUT2D eigenvalue weighted by Crippen LogP contribution is -2.32. The maximum Gasteiger partial charge on any atom is 0.338 e. The summed E-state index contributed by atoms with van der Waals surface area (Å²) in [4.78, 5) is 11.7. The number of aliphatic hydroxyl groups is 2. The number of aliphatic hydroxyl groups excluding tert-OH is 2. The first kappa shape index (κ1) is 13.0. The molecule has 2 rings (SSSR count). The Labute approximate surface area is 105 Å². The molecule has 0 saturated carbocycles. The highest BCUT2D eigenvalue weighted by Gasteiger charge is 2.42. The van der Waals surface area contributed by atoms with E-state index in [1.54, 1.807) is 31.2 Å². The quantitative estimate of drug-likeness (QED) is 0.774. The first-order chi connectivity index (χ1) is 8.50. The van der Waals surface area contributed by atoms with Crippen LogP contribution in [0.3, 0.4) is 0 Å². The van der Waals surface area contributed by atoms with E-state index in [4.69, 9.17) is 9.47 Å². The molecule has 3 unspecified atom stereocenters. The Bertz CT molecular complexity index is 407. The molecule has 1 aromatic carbocycles. The molecule has 5 heteroatoms. The molecule has 0 amide bonds. The molecule has 0 bridgehead atoms. The molecule has 1 aliphatic rings. The summed E-state index contributed by atoms with van der Waals surface area (Å²) in [5.74, 6) is -0.448. The van der Waals surface area contributed by atoms with Gasteiger partial charge < -0.3 is 19.7 Å². The van der Waals surface area contributed by atoms with Crippen molar-refractivity contribution in [2.45, 2.75) is 31.3 Å². The van der Waals surface area contributed by atoms with Crippen molar-refractivity contribution in [3.63, 3.8) is 0 Å². The third kappa shape index (κ3) is 2.87. The number of hydrogen-bond donors (Lipinski definition) is 2. The maximum absolute atomic E-state index is 11.7. The molecule has 0 radical (unpaired) electrons. The van der Waals surface area contributed by atoms with Crippen molar-refractivity contribution in [1.82, 2.24) is 0 Å². The Morgan fingerprint density at radius 3 is 2.67 bits per heavy atom. The van der Waals surface area contributed by atoms with Gasteiger partial charge in [-0.1, -0.05) is 18.2 Å². The standard InChI is InChI=1S/C13H16O5/c1-13(7-10(14)12(16)18-13)8-17-11(15)9-5-3-2-4-6-9/h2-6,10,12,14,16H,7-8H2,1H3. The van der Waals surface area contributed by atoms with Gasteiger partial charge in [-0.3, -0.25) is 0 Å². The molecule has 1 saturated heterocycles. The lowest BCUT2D eigenvalue weighted by atomic mass is 10.0. The molecular formula is C13H16O5. The van der Waals surface area contributed by atoms with Gasteiger partial charge in [-0.25, -0.2) is 4.79 Å². The van der Waals surface area contributed by atoms with Gasteiger partial charge in [0.2, 0.25) is 0 Å². The van der Waals surface area contributed by atoms with Crippen molar-refractivity contribution in [1.29, 1.82) is 0 Å². The second-order valence-corrected chi connectivity index (χ2v) is 4.67. The van der Waals surface area contributed by atoms with Crippen LogP contribution in [0.25, 0.3) is 0 Å². The third-order valence-corrected chi connectivity index (χ3v) is 2.89. The molecule has 1 fully saturated rings. The van der Waals surface area contributed by atoms with E-state index in [1.807, 2.05) is 6.07 Å². The van der Waals surface area contributed by atoms with Gasteiger partial charge in [-0.15, -0.1) is 0 Å². The number of ether oxygens (including phenoxy) is 2. The monoisotopic (exact) mass is 252 g/mol. The van der Waals surface area contributed by atoms with Crippen molar-refractivity contribution in [2.75, 3.05) is 6.61 Å². The molecule has 0 aromatic heterocycles. The van der Waals surface area contributed by atoms with Gasteiger partial charge in [0.1, 0.15) is 18.3 Å². The average Bonchev–Trinajstić information content (AvgIpc) is 2.62. The molecule has 18 heavy (non-hydrogen) atoms. The van der Waals surface area contributed by atoms with Crippen LogP contribution in [-0.4, -0.2) is 40.8 Å². The smallest absolute Gasteiger partial charge is 0.338 e. The van der Waals surface area contributed by atoms with Gasteiger partial charge >= 0.3 is 5.97 Å². The maximum atomic E-state index is 11.7. The SMILES string of the molecule is CC1(COC(=O)c2ccccc2)CC(O)C(O)O1. The molecular weight excluding hydrogens is 236 g/mol. The van der Waals surface area contributed by atoms with Gasteiger partial charge in [0.05, 0.1) is 5.56 Å². The summed E-state index contributed by atoms with van der Waals surface area (Å²) in [5.41, 5.74) is -0.385. The fraction of sp³-hybridized carbons (Fsp3) is 0.462. The number of benzene rings is 1. The molecule has 3 atom stereocenters. The second kappa shape index (κ2) is 5.06. The minimum atomic E-state index is -1.22. The van der Waals surface area contributed by atoms with Crippen molar-refractivity contribution < 1.29 is 24.5 Å². The van der Waals surface area contributed by atoms with Crippen LogP contribution in [0.2, 0.25) is 0 Å². The summed E-state index contributed by atoms with van der Waals surface area (Å²) in [5, 5.41) is 18.7. The van der Waals surface area contributed by atoms with Crippen molar-refractivity contribution in [2.24, 2.45) is 0 Å². The number of carbonyl (C=O) groups is 1. The van der Waals surface area contributed by atoms with E-state index in [0.717, 1.165) is 0 Å². The lowest BCUT2D eigenvalue weighted by Gasteiger charge is -2.22. The van der Waals surface area contributed by atoms with E-state index in [0.29, 0.717) is 5.56 Å². The van der Waals surface area contributed by atoms with E-state index >= 15 is 0 Å². The van der Waals surface area contributed by atoms with E-state index < -0.39 is 24.0 Å². The Balaban J connectivity index is 1.91. The van der Waals surface area contributed by atoms with Gasteiger partial charge in [-0.05, 0) is 19.1 Å². The first-order valence-corrected chi connectivity index (χ1v) is 5.76. The van der Waals surface area contributed by atoms with Crippen LogP contribution < -0.4 is 0 Å². The van der Waals surface area contributed by atoms with Crippen LogP contribution in [0.5, 0.6) is 0 Å². The lowest BCUT2D eigenvalue weighted by molar-refractivity contribution is -0.164. The van der Waals surface area contributed by atoms with Crippen LogP contribution in [0.4, 0.5) is 0 Å². The van der Waals surface area contributed by atoms with E-state index in [1.165, 1.54) is 0 Å². The van der Waals surface area contributed by atoms with Crippen LogP contribution in [-0.2, 0) is 9.47 Å². The number of carbonyl (C=O) groups excluding carboxylic acids is 1. The number of hydrogen-bond acceptors (Lipinski definition) is 5. The molecule has 0 spiro atoms. The van der Waals surface area contributed by atoms with Gasteiger partial charge in [0.15, 0.2) is 6.29 Å². The van der Waals surface area contributed by atoms with E-state index in [9.17, 15) is 15.0 Å². The minimum Gasteiger partial charge on any atom is -0.459 e. The number of esters is 1. The largest absolute Gasteiger partial charge is 0.459 e. The second-order valence-electron chi connectivity index (χ2n) is 4.67. The molecule has 2 N–H and O–H groups in total. The highest BCUT2D eigenvalue weighted by molar-refractivity contribution is 5.89. The predicted octanol–water partition coefficient (Wildman–Crippen LogP) is 0.702. The van der Waals surface area contributed by atoms with Crippen molar-refractivity contribution in [3.05, 3.63) is 35.9 Å². The average molecular weight is 252 g/mol. The fourth-order valence-corrected chi connectivity index (χ4v) is 1.93. The van der Waals surface area contributed by atoms with Gasteiger partial charge in [-0.2, -0.15) is 0 Å². The Kier molecular flexibility index (Phi) is 3.65. The van der Waals surface area contributed by atoms with E-state index in [-0.39, 0.29) is 13.0 Å². The topological polar surface area (TPSA) is 76.0 Å². The Morgan fingerprint density at radius 1 is 1.44 bits per heavy atom. The van der Waals surface area contributed by atoms with Crippen LogP contribution in [0, 0.1) is 0 Å². The molecule has 5 nitrogen and oxygen atoms in total. The first-order valence-electron chi connectivity index (χ1n) is 5.76. The van der Waals surface area contributed by atoms with Crippen LogP contribution in [0.1, 0.15) is 23.7 Å². The molecule has 1 aromatic rings. The van der Waals surface area contributed by atoms with Crippen LogP contribution >= 0.6 is 0 Å². The summed E-state index contributed by atoms with van der Waals surface area (Å²) in [6.07, 6.45) is -1.92. The summed E-state index contributed by atoms with van der Waals surface area (Å²) in [6.45, 7) is 1.68. The third-order valence-electron chi connectivity index (χ3n) is 2.89. The molecule has 98 valence electrons. The molecule has 0 aliphatic carbocycles. The van der Waals surface area contributed by atoms with Crippen molar-refractivity contribution in [3.8, 4) is 0 Å². The molecule has 1 aliphatic heterocycles.